The Labute approximate surface area is 195 Å². The highest BCUT2D eigenvalue weighted by Crippen LogP contribution is 2.46. The van der Waals surface area contributed by atoms with Crippen LogP contribution in [0.3, 0.4) is 0 Å². The first-order valence-electron chi connectivity index (χ1n) is 10.8. The molecule has 1 unspecified atom stereocenters. The number of carbonyl (C=O) groups excluding carboxylic acids is 2. The average Bonchev–Trinajstić information content (AvgIpc) is 2.85. The van der Waals surface area contributed by atoms with Gasteiger partial charge in [-0.05, 0) is 41.3 Å². The summed E-state index contributed by atoms with van der Waals surface area (Å²) in [6.45, 7) is 0.284. The number of hydrogen-bond acceptors (Lipinski definition) is 7. The van der Waals surface area contributed by atoms with Crippen molar-refractivity contribution in [3.05, 3.63) is 83.2 Å². The molecule has 1 fully saturated rings. The van der Waals surface area contributed by atoms with Crippen LogP contribution in [0, 0.1) is 5.82 Å². The lowest BCUT2D eigenvalue weighted by atomic mass is 9.85. The van der Waals surface area contributed by atoms with E-state index in [2.05, 4.69) is 0 Å². The van der Waals surface area contributed by atoms with Crippen LogP contribution in [0.5, 0.6) is 11.5 Å². The van der Waals surface area contributed by atoms with Crippen LogP contribution in [0.4, 0.5) is 4.39 Å². The van der Waals surface area contributed by atoms with E-state index in [0.29, 0.717) is 34.6 Å². The first-order valence-corrected chi connectivity index (χ1v) is 10.8. The zero-order chi connectivity index (χ0) is 23.9. The average molecular weight is 463 g/mol. The number of halogens is 1. The summed E-state index contributed by atoms with van der Waals surface area (Å²) >= 11 is 0. The van der Waals surface area contributed by atoms with Gasteiger partial charge in [-0.25, -0.2) is 14.0 Å². The molecule has 0 saturated carbocycles. The lowest BCUT2D eigenvalue weighted by molar-refractivity contribution is -0.317. The molecule has 0 aromatic heterocycles. The largest absolute Gasteiger partial charge is 0.493 e. The van der Waals surface area contributed by atoms with Gasteiger partial charge >= 0.3 is 11.9 Å². The Morgan fingerprint density at radius 3 is 2.41 bits per heavy atom. The van der Waals surface area contributed by atoms with E-state index < -0.39 is 23.5 Å². The summed E-state index contributed by atoms with van der Waals surface area (Å²) in [5, 5.41) is 1.36. The SMILES string of the molecule is COc1cc2c(cc1OC)C1(Cc3ccc(-c4ccccc4)c(F)c3)OC(=O)C(=O)ON1CC2. The molecule has 7 nitrogen and oxygen atoms in total. The highest BCUT2D eigenvalue weighted by Gasteiger charge is 2.54. The summed E-state index contributed by atoms with van der Waals surface area (Å²) in [7, 11) is 3.04. The Hall–Kier alpha value is -3.91. The standard InChI is InChI=1S/C26H22FNO6/c1-31-22-13-18-10-11-28-26(20(18)14-23(22)32-2,33-24(29)25(30)34-28)15-16-8-9-19(21(27)12-16)17-6-4-3-5-7-17/h3-9,12-14H,10-11,15H2,1-2H3. The van der Waals surface area contributed by atoms with Crippen LogP contribution in [0.1, 0.15) is 16.7 Å². The van der Waals surface area contributed by atoms with Crippen molar-refractivity contribution in [2.75, 3.05) is 20.8 Å². The molecule has 2 aliphatic rings. The second kappa shape index (κ2) is 8.46. The summed E-state index contributed by atoms with van der Waals surface area (Å²) in [6.07, 6.45) is 0.573. The van der Waals surface area contributed by atoms with Crippen LogP contribution in [-0.2, 0) is 37.7 Å². The Bertz CT molecular complexity index is 1280. The molecule has 1 saturated heterocycles. The third kappa shape index (κ3) is 3.56. The van der Waals surface area contributed by atoms with Crippen molar-refractivity contribution in [2.45, 2.75) is 18.6 Å². The maximum absolute atomic E-state index is 15.1. The second-order valence-corrected chi connectivity index (χ2v) is 8.13. The van der Waals surface area contributed by atoms with Gasteiger partial charge < -0.3 is 19.0 Å². The first-order chi connectivity index (χ1) is 16.4. The molecule has 3 aromatic carbocycles. The number of fused-ring (bicyclic) bond motifs is 3. The minimum absolute atomic E-state index is 0.0560. The molecule has 0 bridgehead atoms. The summed E-state index contributed by atoms with van der Waals surface area (Å²) < 4.78 is 31.7. The molecule has 0 radical (unpaired) electrons. The van der Waals surface area contributed by atoms with E-state index in [1.54, 1.807) is 18.2 Å². The minimum atomic E-state index is -1.47. The highest BCUT2D eigenvalue weighted by molar-refractivity contribution is 6.30. The number of esters is 1. The highest BCUT2D eigenvalue weighted by atomic mass is 19.1. The Morgan fingerprint density at radius 2 is 1.71 bits per heavy atom. The molecule has 2 aliphatic heterocycles. The minimum Gasteiger partial charge on any atom is -0.493 e. The predicted molar refractivity (Wildman–Crippen MR) is 119 cm³/mol. The smallest absolute Gasteiger partial charge is 0.436 e. The zero-order valence-corrected chi connectivity index (χ0v) is 18.7. The van der Waals surface area contributed by atoms with Crippen molar-refractivity contribution in [2.24, 2.45) is 0 Å². The molecule has 0 aliphatic carbocycles. The number of methoxy groups -OCH3 is 2. The molecule has 5 rings (SSSR count). The molecule has 34 heavy (non-hydrogen) atoms. The lowest BCUT2D eigenvalue weighted by Gasteiger charge is -2.47. The van der Waals surface area contributed by atoms with E-state index in [4.69, 9.17) is 19.0 Å². The van der Waals surface area contributed by atoms with Crippen molar-refractivity contribution in [1.29, 1.82) is 0 Å². The summed E-state index contributed by atoms with van der Waals surface area (Å²) in [4.78, 5) is 29.7. The normalized spacial score (nSPS) is 19.5. The van der Waals surface area contributed by atoms with Crippen LogP contribution >= 0.6 is 0 Å². The second-order valence-electron chi connectivity index (χ2n) is 8.13. The number of carbonyl (C=O) groups is 2. The Morgan fingerprint density at radius 1 is 0.971 bits per heavy atom. The van der Waals surface area contributed by atoms with E-state index in [0.717, 1.165) is 11.1 Å². The van der Waals surface area contributed by atoms with Gasteiger partial charge in [-0.3, -0.25) is 0 Å². The number of rotatable bonds is 5. The van der Waals surface area contributed by atoms with Gasteiger partial charge in [-0.15, -0.1) is 0 Å². The van der Waals surface area contributed by atoms with Gasteiger partial charge in [0.15, 0.2) is 11.5 Å². The molecule has 8 heteroatoms. The quantitative estimate of drug-likeness (QED) is 0.421. The van der Waals surface area contributed by atoms with E-state index in [1.165, 1.54) is 25.3 Å². The summed E-state index contributed by atoms with van der Waals surface area (Å²) in [6, 6.07) is 17.6. The van der Waals surface area contributed by atoms with Gasteiger partial charge in [0, 0.05) is 24.1 Å². The molecule has 0 spiro atoms. The van der Waals surface area contributed by atoms with Crippen molar-refractivity contribution in [3.8, 4) is 22.6 Å². The van der Waals surface area contributed by atoms with Crippen molar-refractivity contribution < 1.29 is 33.0 Å². The number of hydrogen-bond donors (Lipinski definition) is 0. The lowest BCUT2D eigenvalue weighted by Crippen LogP contribution is -2.60. The van der Waals surface area contributed by atoms with Crippen LogP contribution in [0.2, 0.25) is 0 Å². The van der Waals surface area contributed by atoms with Gasteiger partial charge in [-0.1, -0.05) is 47.5 Å². The molecule has 0 amide bonds. The van der Waals surface area contributed by atoms with E-state index in [9.17, 15) is 9.59 Å². The molecule has 0 N–H and O–H groups in total. The molecule has 2 heterocycles. The summed E-state index contributed by atoms with van der Waals surface area (Å²) in [5.41, 5.74) is 1.74. The van der Waals surface area contributed by atoms with E-state index in [-0.39, 0.29) is 13.0 Å². The van der Waals surface area contributed by atoms with Crippen LogP contribution in [0.25, 0.3) is 11.1 Å². The Balaban J connectivity index is 1.61. The molecular formula is C26H22FNO6. The maximum atomic E-state index is 15.1. The van der Waals surface area contributed by atoms with Gasteiger partial charge in [0.2, 0.25) is 5.72 Å². The zero-order valence-electron chi connectivity index (χ0n) is 18.7. The fourth-order valence-electron chi connectivity index (χ4n) is 4.60. The van der Waals surface area contributed by atoms with Crippen LogP contribution in [-0.4, -0.2) is 37.8 Å². The Kier molecular flexibility index (Phi) is 5.45. The molecular weight excluding hydrogens is 441 g/mol. The van der Waals surface area contributed by atoms with Gasteiger partial charge in [0.25, 0.3) is 0 Å². The third-order valence-corrected chi connectivity index (χ3v) is 6.20. The van der Waals surface area contributed by atoms with Crippen molar-refractivity contribution in [1.82, 2.24) is 5.06 Å². The van der Waals surface area contributed by atoms with Gasteiger partial charge in [0.05, 0.1) is 14.2 Å². The van der Waals surface area contributed by atoms with Crippen molar-refractivity contribution in [3.63, 3.8) is 0 Å². The fourth-order valence-corrected chi connectivity index (χ4v) is 4.60. The number of nitrogens with zero attached hydrogens (tertiary/aromatic N) is 1. The number of ether oxygens (including phenoxy) is 3. The monoisotopic (exact) mass is 463 g/mol. The molecule has 174 valence electrons. The van der Waals surface area contributed by atoms with Gasteiger partial charge in [-0.2, -0.15) is 0 Å². The van der Waals surface area contributed by atoms with Gasteiger partial charge in [0.1, 0.15) is 5.82 Å². The third-order valence-electron chi connectivity index (χ3n) is 6.20. The van der Waals surface area contributed by atoms with Crippen LogP contribution < -0.4 is 9.47 Å². The van der Waals surface area contributed by atoms with E-state index >= 15 is 4.39 Å². The fraction of sp³-hybridized carbons (Fsp3) is 0.231. The summed E-state index contributed by atoms with van der Waals surface area (Å²) in [5.74, 6) is -1.65. The molecule has 1 atom stereocenters. The number of benzene rings is 3. The van der Waals surface area contributed by atoms with Crippen molar-refractivity contribution >= 4 is 11.9 Å². The maximum Gasteiger partial charge on any atom is 0.436 e. The topological polar surface area (TPSA) is 74.3 Å². The number of hydroxylamine groups is 2. The predicted octanol–water partition coefficient (Wildman–Crippen LogP) is 3.78. The van der Waals surface area contributed by atoms with Crippen LogP contribution in [0.15, 0.2) is 60.7 Å². The van der Waals surface area contributed by atoms with E-state index in [1.807, 2.05) is 36.4 Å². The molecule has 3 aromatic rings. The first kappa shape index (κ1) is 21.9.